The minimum absolute atomic E-state index is 0.115. The summed E-state index contributed by atoms with van der Waals surface area (Å²) in [6.45, 7) is 1.81. The number of aryl methyl sites for hydroxylation is 1. The van der Waals surface area contributed by atoms with E-state index in [0.717, 1.165) is 18.5 Å². The molecular weight excluding hydrogens is 192 g/mol. The standard InChI is InChI=1S/C11H14N2O2/c1-7-6-9(11(14)15)13-10(12-7)8-4-2-3-5-8/h6,8H,2-5H2,1H3,(H,14,15). The van der Waals surface area contributed by atoms with Gasteiger partial charge in [-0.2, -0.15) is 0 Å². The minimum Gasteiger partial charge on any atom is -0.477 e. The van der Waals surface area contributed by atoms with Crippen molar-refractivity contribution >= 4 is 5.97 Å². The Hall–Kier alpha value is -1.45. The Morgan fingerprint density at radius 2 is 2.07 bits per heavy atom. The molecule has 1 aliphatic carbocycles. The quantitative estimate of drug-likeness (QED) is 0.805. The van der Waals surface area contributed by atoms with Crippen LogP contribution < -0.4 is 0 Å². The maximum absolute atomic E-state index is 10.8. The third-order valence-corrected chi connectivity index (χ3v) is 2.81. The van der Waals surface area contributed by atoms with E-state index in [1.54, 1.807) is 0 Å². The molecule has 1 N–H and O–H groups in total. The van der Waals surface area contributed by atoms with Crippen LogP contribution in [0.2, 0.25) is 0 Å². The second-order valence-electron chi connectivity index (χ2n) is 4.04. The number of hydrogen-bond donors (Lipinski definition) is 1. The van der Waals surface area contributed by atoms with E-state index < -0.39 is 5.97 Å². The normalized spacial score (nSPS) is 16.9. The number of hydrogen-bond acceptors (Lipinski definition) is 3. The smallest absolute Gasteiger partial charge is 0.354 e. The Bertz CT molecular complexity index is 384. The van der Waals surface area contributed by atoms with E-state index in [1.807, 2.05) is 6.92 Å². The zero-order valence-corrected chi connectivity index (χ0v) is 8.73. The van der Waals surface area contributed by atoms with Crippen LogP contribution in [0.4, 0.5) is 0 Å². The summed E-state index contributed by atoms with van der Waals surface area (Å²) in [6.07, 6.45) is 4.57. The van der Waals surface area contributed by atoms with Crippen LogP contribution >= 0.6 is 0 Å². The van der Waals surface area contributed by atoms with Crippen molar-refractivity contribution in [1.29, 1.82) is 0 Å². The van der Waals surface area contributed by atoms with Gasteiger partial charge in [0.15, 0.2) is 5.69 Å². The van der Waals surface area contributed by atoms with Crippen LogP contribution in [-0.2, 0) is 0 Å². The zero-order valence-electron chi connectivity index (χ0n) is 8.73. The van der Waals surface area contributed by atoms with Crippen LogP contribution in [0, 0.1) is 6.92 Å². The highest BCUT2D eigenvalue weighted by molar-refractivity contribution is 5.85. The number of nitrogens with zero attached hydrogens (tertiary/aromatic N) is 2. The molecule has 0 atom stereocenters. The van der Waals surface area contributed by atoms with Crippen molar-refractivity contribution < 1.29 is 9.90 Å². The van der Waals surface area contributed by atoms with Crippen molar-refractivity contribution in [3.63, 3.8) is 0 Å². The summed E-state index contributed by atoms with van der Waals surface area (Å²) >= 11 is 0. The average Bonchev–Trinajstić information content (AvgIpc) is 2.69. The minimum atomic E-state index is -0.972. The van der Waals surface area contributed by atoms with Crippen molar-refractivity contribution in [1.82, 2.24) is 9.97 Å². The lowest BCUT2D eigenvalue weighted by Crippen LogP contribution is -2.08. The van der Waals surface area contributed by atoms with Gasteiger partial charge in [-0.15, -0.1) is 0 Å². The third kappa shape index (κ3) is 2.14. The first-order chi connectivity index (χ1) is 7.16. The molecule has 4 heteroatoms. The van der Waals surface area contributed by atoms with Crippen molar-refractivity contribution in [2.75, 3.05) is 0 Å². The fourth-order valence-corrected chi connectivity index (χ4v) is 2.07. The Balaban J connectivity index is 2.34. The molecule has 0 amide bonds. The molecular formula is C11H14N2O2. The lowest BCUT2D eigenvalue weighted by Gasteiger charge is -2.08. The molecule has 1 saturated carbocycles. The van der Waals surface area contributed by atoms with Gasteiger partial charge < -0.3 is 5.11 Å². The van der Waals surface area contributed by atoms with Gasteiger partial charge in [0.1, 0.15) is 5.82 Å². The first-order valence-corrected chi connectivity index (χ1v) is 5.25. The largest absolute Gasteiger partial charge is 0.477 e. The van der Waals surface area contributed by atoms with Crippen molar-refractivity contribution in [2.45, 2.75) is 38.5 Å². The maximum atomic E-state index is 10.8. The van der Waals surface area contributed by atoms with Crippen LogP contribution in [0.5, 0.6) is 0 Å². The summed E-state index contributed by atoms with van der Waals surface area (Å²) in [4.78, 5) is 19.3. The van der Waals surface area contributed by atoms with Crippen LogP contribution in [0.15, 0.2) is 6.07 Å². The van der Waals surface area contributed by atoms with Crippen LogP contribution in [0.1, 0.15) is 53.6 Å². The average molecular weight is 206 g/mol. The van der Waals surface area contributed by atoms with Gasteiger partial charge in [0.2, 0.25) is 0 Å². The van der Waals surface area contributed by atoms with Gasteiger partial charge >= 0.3 is 5.97 Å². The fraction of sp³-hybridized carbons (Fsp3) is 0.545. The predicted molar refractivity (Wildman–Crippen MR) is 54.9 cm³/mol. The lowest BCUT2D eigenvalue weighted by atomic mass is 10.1. The van der Waals surface area contributed by atoms with E-state index >= 15 is 0 Å². The molecule has 2 rings (SSSR count). The second-order valence-corrected chi connectivity index (χ2v) is 4.04. The molecule has 0 bridgehead atoms. The summed E-state index contributed by atoms with van der Waals surface area (Å²) in [7, 11) is 0. The molecule has 0 unspecified atom stereocenters. The third-order valence-electron chi connectivity index (χ3n) is 2.81. The van der Waals surface area contributed by atoms with Crippen molar-refractivity contribution in [3.05, 3.63) is 23.3 Å². The molecule has 0 radical (unpaired) electrons. The van der Waals surface area contributed by atoms with Gasteiger partial charge in [0, 0.05) is 11.6 Å². The van der Waals surface area contributed by atoms with E-state index in [9.17, 15) is 4.79 Å². The summed E-state index contributed by atoms with van der Waals surface area (Å²) in [5, 5.41) is 8.89. The van der Waals surface area contributed by atoms with E-state index in [1.165, 1.54) is 18.9 Å². The predicted octanol–water partition coefficient (Wildman–Crippen LogP) is 2.14. The monoisotopic (exact) mass is 206 g/mol. The summed E-state index contributed by atoms with van der Waals surface area (Å²) in [6, 6.07) is 1.51. The van der Waals surface area contributed by atoms with Gasteiger partial charge in [-0.3, -0.25) is 0 Å². The van der Waals surface area contributed by atoms with Gasteiger partial charge in [-0.25, -0.2) is 14.8 Å². The Labute approximate surface area is 88.4 Å². The summed E-state index contributed by atoms with van der Waals surface area (Å²) in [5.74, 6) is 0.104. The maximum Gasteiger partial charge on any atom is 0.354 e. The molecule has 1 fully saturated rings. The van der Waals surface area contributed by atoms with Crippen LogP contribution in [0.3, 0.4) is 0 Å². The second kappa shape index (κ2) is 3.96. The topological polar surface area (TPSA) is 63.1 Å². The van der Waals surface area contributed by atoms with Gasteiger partial charge in [-0.05, 0) is 25.8 Å². The number of carboxylic acids is 1. The molecule has 0 aliphatic heterocycles. The molecule has 1 aliphatic rings. The first kappa shape index (κ1) is 10.1. The Morgan fingerprint density at radius 1 is 1.40 bits per heavy atom. The SMILES string of the molecule is Cc1cc(C(=O)O)nc(C2CCCC2)n1. The lowest BCUT2D eigenvalue weighted by molar-refractivity contribution is 0.0689. The number of carboxylic acid groups (broad SMARTS) is 1. The number of aromatic carboxylic acids is 1. The summed E-state index contributed by atoms with van der Waals surface area (Å²) < 4.78 is 0. The molecule has 1 heterocycles. The molecule has 4 nitrogen and oxygen atoms in total. The molecule has 0 spiro atoms. The molecule has 0 aromatic carbocycles. The van der Waals surface area contributed by atoms with Crippen LogP contribution in [-0.4, -0.2) is 21.0 Å². The summed E-state index contributed by atoms with van der Waals surface area (Å²) in [5.41, 5.74) is 0.855. The zero-order chi connectivity index (χ0) is 10.8. The molecule has 80 valence electrons. The highest BCUT2D eigenvalue weighted by atomic mass is 16.4. The molecule has 15 heavy (non-hydrogen) atoms. The molecule has 1 aromatic rings. The highest BCUT2D eigenvalue weighted by Gasteiger charge is 2.21. The van der Waals surface area contributed by atoms with Gasteiger partial charge in [0.25, 0.3) is 0 Å². The van der Waals surface area contributed by atoms with Crippen molar-refractivity contribution in [3.8, 4) is 0 Å². The van der Waals surface area contributed by atoms with E-state index in [2.05, 4.69) is 9.97 Å². The van der Waals surface area contributed by atoms with Gasteiger partial charge in [0.05, 0.1) is 0 Å². The molecule has 1 aromatic heterocycles. The van der Waals surface area contributed by atoms with Crippen LogP contribution in [0.25, 0.3) is 0 Å². The number of carbonyl (C=O) groups is 1. The number of aromatic nitrogens is 2. The van der Waals surface area contributed by atoms with E-state index in [-0.39, 0.29) is 5.69 Å². The van der Waals surface area contributed by atoms with Gasteiger partial charge in [-0.1, -0.05) is 12.8 Å². The number of rotatable bonds is 2. The Morgan fingerprint density at radius 3 is 2.67 bits per heavy atom. The first-order valence-electron chi connectivity index (χ1n) is 5.25. The highest BCUT2D eigenvalue weighted by Crippen LogP contribution is 2.32. The van der Waals surface area contributed by atoms with Crippen molar-refractivity contribution in [2.24, 2.45) is 0 Å². The van der Waals surface area contributed by atoms with E-state index in [0.29, 0.717) is 11.7 Å². The Kier molecular flexibility index (Phi) is 2.66. The molecule has 0 saturated heterocycles. The fourth-order valence-electron chi connectivity index (χ4n) is 2.07. The van der Waals surface area contributed by atoms with E-state index in [4.69, 9.17) is 5.11 Å².